The number of amides is 1. The van der Waals surface area contributed by atoms with Crippen LogP contribution >= 0.6 is 0 Å². The average molecular weight is 293 g/mol. The zero-order valence-corrected chi connectivity index (χ0v) is 12.6. The minimum Gasteiger partial charge on any atom is -0.371 e. The van der Waals surface area contributed by atoms with Crippen LogP contribution in [0.15, 0.2) is 12.4 Å². The highest BCUT2D eigenvalue weighted by atomic mass is 16.5. The molecule has 2 aliphatic rings. The molecule has 2 aliphatic heterocycles. The first-order valence-corrected chi connectivity index (χ1v) is 7.77. The number of carbonyl (C=O) groups is 1. The lowest BCUT2D eigenvalue weighted by atomic mass is 10.0. The van der Waals surface area contributed by atoms with Crippen LogP contribution in [0.2, 0.25) is 0 Å². The summed E-state index contributed by atoms with van der Waals surface area (Å²) in [5.74, 6) is -0.0114. The highest BCUT2D eigenvalue weighted by Crippen LogP contribution is 2.29. The fraction of sp³-hybridized carbons (Fsp3) is 0.733. The molecule has 3 rings (SSSR count). The summed E-state index contributed by atoms with van der Waals surface area (Å²) in [7, 11) is 0. The average Bonchev–Trinajstić information content (AvgIpc) is 3.17. The van der Waals surface area contributed by atoms with Crippen molar-refractivity contribution in [3.63, 3.8) is 0 Å². The number of hydrogen-bond donors (Lipinski definition) is 1. The van der Waals surface area contributed by atoms with Crippen molar-refractivity contribution in [3.8, 4) is 0 Å². The number of carbonyl (C=O) groups excluding carboxylic acids is 1. The van der Waals surface area contributed by atoms with Gasteiger partial charge in [-0.25, -0.2) is 0 Å². The van der Waals surface area contributed by atoms with E-state index in [1.807, 2.05) is 30.9 Å². The number of nitrogens with one attached hydrogen (secondary N) is 1. The van der Waals surface area contributed by atoms with Gasteiger partial charge in [0, 0.05) is 24.9 Å². The Labute approximate surface area is 124 Å². The van der Waals surface area contributed by atoms with Gasteiger partial charge in [-0.15, -0.1) is 0 Å². The molecular formula is C15H23N3O3. The van der Waals surface area contributed by atoms with Crippen molar-refractivity contribution in [2.45, 2.75) is 64.0 Å². The van der Waals surface area contributed by atoms with Gasteiger partial charge in [0.2, 0.25) is 5.91 Å². The molecule has 4 atom stereocenters. The Kier molecular flexibility index (Phi) is 4.26. The molecule has 0 aliphatic carbocycles. The molecular weight excluding hydrogens is 270 g/mol. The van der Waals surface area contributed by atoms with Crippen LogP contribution in [0.25, 0.3) is 0 Å². The van der Waals surface area contributed by atoms with Crippen LogP contribution in [0.3, 0.4) is 0 Å². The van der Waals surface area contributed by atoms with Crippen LogP contribution in [-0.4, -0.2) is 40.5 Å². The first-order chi connectivity index (χ1) is 10.2. The van der Waals surface area contributed by atoms with Gasteiger partial charge in [-0.2, -0.15) is 5.10 Å². The van der Waals surface area contributed by atoms with Crippen LogP contribution in [0.4, 0.5) is 0 Å². The Balaban J connectivity index is 1.62. The lowest BCUT2D eigenvalue weighted by Crippen LogP contribution is -2.42. The minimum atomic E-state index is -0.306. The van der Waals surface area contributed by atoms with E-state index < -0.39 is 0 Å². The predicted octanol–water partition coefficient (Wildman–Crippen LogP) is 1.42. The molecule has 1 amide bonds. The monoisotopic (exact) mass is 293 g/mol. The van der Waals surface area contributed by atoms with E-state index in [0.717, 1.165) is 31.4 Å². The number of nitrogens with zero attached hydrogens (tertiary/aromatic N) is 2. The largest absolute Gasteiger partial charge is 0.371 e. The highest BCUT2D eigenvalue weighted by molar-refractivity contribution is 5.81. The summed E-state index contributed by atoms with van der Waals surface area (Å²) in [6.45, 7) is 5.55. The molecule has 2 fully saturated rings. The molecule has 1 aromatic heterocycles. The maximum absolute atomic E-state index is 12.3. The Morgan fingerprint density at radius 1 is 1.48 bits per heavy atom. The third-order valence-electron chi connectivity index (χ3n) is 4.25. The summed E-state index contributed by atoms with van der Waals surface area (Å²) < 4.78 is 13.3. The molecule has 1 N–H and O–H groups in total. The molecule has 6 nitrogen and oxygen atoms in total. The molecule has 2 unspecified atom stereocenters. The van der Waals surface area contributed by atoms with E-state index in [-0.39, 0.29) is 30.3 Å². The first-order valence-electron chi connectivity index (χ1n) is 7.77. The smallest absolute Gasteiger partial charge is 0.249 e. The van der Waals surface area contributed by atoms with E-state index in [0.29, 0.717) is 6.61 Å². The van der Waals surface area contributed by atoms with Crippen LogP contribution in [0.5, 0.6) is 0 Å². The summed E-state index contributed by atoms with van der Waals surface area (Å²) >= 11 is 0. The van der Waals surface area contributed by atoms with Gasteiger partial charge in [0.1, 0.15) is 12.2 Å². The molecule has 0 spiro atoms. The molecule has 1 aromatic rings. The standard InChI is InChI=1S/C15H23N3O3/c1-3-18-9-11(8-16-18)14-12(6-7-20-14)17-15(19)13-5-4-10(2)21-13/h8-10,12-14H,3-7H2,1-2H3,(H,17,19)/t10?,12-,13?,14+/m0/s1. The zero-order chi connectivity index (χ0) is 14.8. The fourth-order valence-corrected chi connectivity index (χ4v) is 3.04. The molecule has 0 radical (unpaired) electrons. The maximum Gasteiger partial charge on any atom is 0.249 e. The van der Waals surface area contributed by atoms with Crippen LogP contribution in [0.1, 0.15) is 44.8 Å². The van der Waals surface area contributed by atoms with Gasteiger partial charge < -0.3 is 14.8 Å². The topological polar surface area (TPSA) is 65.4 Å². The van der Waals surface area contributed by atoms with E-state index in [2.05, 4.69) is 10.4 Å². The molecule has 2 saturated heterocycles. The molecule has 21 heavy (non-hydrogen) atoms. The van der Waals surface area contributed by atoms with Crippen LogP contribution in [-0.2, 0) is 20.8 Å². The molecule has 3 heterocycles. The van der Waals surface area contributed by atoms with Gasteiger partial charge in [0.05, 0.1) is 18.3 Å². The van der Waals surface area contributed by atoms with E-state index in [1.165, 1.54) is 0 Å². The van der Waals surface area contributed by atoms with E-state index >= 15 is 0 Å². The SMILES string of the molecule is CCn1cc([C@H]2OCC[C@@H]2NC(=O)C2CCC(C)O2)cn1. The second-order valence-electron chi connectivity index (χ2n) is 5.84. The third kappa shape index (κ3) is 3.11. The van der Waals surface area contributed by atoms with Gasteiger partial charge in [0.15, 0.2) is 0 Å². The van der Waals surface area contributed by atoms with Gasteiger partial charge in [-0.1, -0.05) is 0 Å². The summed E-state index contributed by atoms with van der Waals surface area (Å²) in [4.78, 5) is 12.3. The summed E-state index contributed by atoms with van der Waals surface area (Å²) in [6.07, 6.45) is 6.17. The Bertz CT molecular complexity index is 502. The van der Waals surface area contributed by atoms with Crippen molar-refractivity contribution >= 4 is 5.91 Å². The fourth-order valence-electron chi connectivity index (χ4n) is 3.04. The number of hydrogen-bond acceptors (Lipinski definition) is 4. The van der Waals surface area contributed by atoms with Gasteiger partial charge >= 0.3 is 0 Å². The van der Waals surface area contributed by atoms with Crippen LogP contribution in [0, 0.1) is 0 Å². The van der Waals surface area contributed by atoms with Crippen molar-refractivity contribution in [2.24, 2.45) is 0 Å². The number of aryl methyl sites for hydroxylation is 1. The van der Waals surface area contributed by atoms with Crippen molar-refractivity contribution in [1.82, 2.24) is 15.1 Å². The molecule has 0 aromatic carbocycles. The summed E-state index contributed by atoms with van der Waals surface area (Å²) in [5.41, 5.74) is 1.03. The van der Waals surface area contributed by atoms with Gasteiger partial charge in [-0.05, 0) is 33.1 Å². The highest BCUT2D eigenvalue weighted by Gasteiger charge is 2.35. The Hall–Kier alpha value is -1.40. The second-order valence-corrected chi connectivity index (χ2v) is 5.84. The summed E-state index contributed by atoms with van der Waals surface area (Å²) in [5, 5.41) is 7.37. The van der Waals surface area contributed by atoms with Crippen molar-refractivity contribution in [2.75, 3.05) is 6.61 Å². The van der Waals surface area contributed by atoms with E-state index in [9.17, 15) is 4.79 Å². The van der Waals surface area contributed by atoms with Crippen LogP contribution < -0.4 is 5.32 Å². The lowest BCUT2D eigenvalue weighted by molar-refractivity contribution is -0.132. The van der Waals surface area contributed by atoms with E-state index in [4.69, 9.17) is 9.47 Å². The molecule has 6 heteroatoms. The van der Waals surface area contributed by atoms with E-state index in [1.54, 1.807) is 0 Å². The molecule has 0 bridgehead atoms. The number of rotatable bonds is 4. The van der Waals surface area contributed by atoms with Crippen molar-refractivity contribution < 1.29 is 14.3 Å². The Morgan fingerprint density at radius 2 is 2.33 bits per heavy atom. The van der Waals surface area contributed by atoms with Crippen molar-refractivity contribution in [3.05, 3.63) is 18.0 Å². The van der Waals surface area contributed by atoms with Gasteiger partial charge in [-0.3, -0.25) is 9.48 Å². The predicted molar refractivity (Wildman–Crippen MR) is 76.7 cm³/mol. The first kappa shape index (κ1) is 14.5. The normalized spacial score (nSPS) is 32.5. The zero-order valence-electron chi connectivity index (χ0n) is 12.6. The lowest BCUT2D eigenvalue weighted by Gasteiger charge is -2.21. The third-order valence-corrected chi connectivity index (χ3v) is 4.25. The quantitative estimate of drug-likeness (QED) is 0.911. The maximum atomic E-state index is 12.3. The minimum absolute atomic E-state index is 0.00603. The molecule has 0 saturated carbocycles. The Morgan fingerprint density at radius 3 is 3.00 bits per heavy atom. The number of ether oxygens (including phenoxy) is 2. The van der Waals surface area contributed by atoms with Gasteiger partial charge in [0.25, 0.3) is 0 Å². The summed E-state index contributed by atoms with van der Waals surface area (Å²) in [6, 6.07) is 0.00603. The molecule has 116 valence electrons. The second kappa shape index (κ2) is 6.15. The van der Waals surface area contributed by atoms with Crippen molar-refractivity contribution in [1.29, 1.82) is 0 Å². The number of aromatic nitrogens is 2.